The van der Waals surface area contributed by atoms with E-state index >= 15 is 0 Å². The van der Waals surface area contributed by atoms with Gasteiger partial charge >= 0.3 is 0 Å². The number of rotatable bonds is 15. The summed E-state index contributed by atoms with van der Waals surface area (Å²) in [5.41, 5.74) is 3.84. The first-order valence-electron chi connectivity index (χ1n) is 17.5. The Hall–Kier alpha value is -5.79. The number of aromatic amines is 1. The zero-order chi connectivity index (χ0) is 38.2. The summed E-state index contributed by atoms with van der Waals surface area (Å²) in [7, 11) is 7.82. The van der Waals surface area contributed by atoms with E-state index < -0.39 is 18.0 Å². The zero-order valence-corrected chi connectivity index (χ0v) is 31.5. The molecule has 282 valence electrons. The Bertz CT molecular complexity index is 2010. The summed E-state index contributed by atoms with van der Waals surface area (Å²) < 4.78 is 27.9. The van der Waals surface area contributed by atoms with Crippen LogP contribution in [0.2, 0.25) is 0 Å². The predicted molar refractivity (Wildman–Crippen MR) is 202 cm³/mol. The molecule has 0 fully saturated rings. The molecular formula is C39H48N6O8. The Kier molecular flexibility index (Phi) is 12.4. The highest BCUT2D eigenvalue weighted by Gasteiger charge is 2.31. The lowest BCUT2D eigenvalue weighted by molar-refractivity contribution is -0.120. The van der Waals surface area contributed by atoms with Crippen LogP contribution in [0.1, 0.15) is 62.2 Å². The molecule has 3 aromatic carbocycles. The second-order valence-electron chi connectivity index (χ2n) is 12.9. The lowest BCUT2D eigenvalue weighted by atomic mass is 9.95. The molecule has 3 unspecified atom stereocenters. The molecule has 0 bridgehead atoms. The third-order valence-corrected chi connectivity index (χ3v) is 9.59. The fraction of sp³-hybridized carbons (Fsp3) is 0.410. The molecule has 4 aromatic rings. The highest BCUT2D eigenvalue weighted by atomic mass is 16.5. The van der Waals surface area contributed by atoms with E-state index in [1.54, 1.807) is 34.5 Å². The van der Waals surface area contributed by atoms with Gasteiger partial charge in [-0.2, -0.15) is 4.98 Å². The maximum atomic E-state index is 14.0. The summed E-state index contributed by atoms with van der Waals surface area (Å²) in [5.74, 6) is 2.59. The number of aryl methyl sites for hydroxylation is 3. The largest absolute Gasteiger partial charge is 0.493 e. The summed E-state index contributed by atoms with van der Waals surface area (Å²) in [6.07, 6.45) is 2.94. The minimum atomic E-state index is -0.805. The minimum Gasteiger partial charge on any atom is -0.493 e. The summed E-state index contributed by atoms with van der Waals surface area (Å²) >= 11 is 0. The third kappa shape index (κ3) is 8.48. The number of nitrogens with one attached hydrogen (secondary N) is 4. The van der Waals surface area contributed by atoms with Crippen molar-refractivity contribution in [3.05, 3.63) is 75.2 Å². The maximum Gasteiger partial charge on any atom is 0.249 e. The smallest absolute Gasteiger partial charge is 0.249 e. The Morgan fingerprint density at radius 1 is 0.906 bits per heavy atom. The fourth-order valence-electron chi connectivity index (χ4n) is 6.65. The quantitative estimate of drug-likeness (QED) is 0.126. The van der Waals surface area contributed by atoms with Gasteiger partial charge < -0.3 is 34.3 Å². The number of amides is 2. The van der Waals surface area contributed by atoms with E-state index in [9.17, 15) is 14.4 Å². The summed E-state index contributed by atoms with van der Waals surface area (Å²) in [4.78, 5) is 44.6. The van der Waals surface area contributed by atoms with Gasteiger partial charge in [0.1, 0.15) is 11.9 Å². The molecule has 1 aliphatic rings. The number of carbonyl (C=O) groups excluding carboxylic acids is 2. The van der Waals surface area contributed by atoms with Crippen LogP contribution in [0.5, 0.6) is 28.7 Å². The third-order valence-electron chi connectivity index (χ3n) is 9.59. The summed E-state index contributed by atoms with van der Waals surface area (Å²) in [6, 6.07) is 11.4. The van der Waals surface area contributed by atoms with Gasteiger partial charge in [0, 0.05) is 18.9 Å². The number of hydrogen-bond donors (Lipinski definition) is 4. The van der Waals surface area contributed by atoms with Crippen LogP contribution in [-0.4, -0.2) is 68.6 Å². The van der Waals surface area contributed by atoms with E-state index in [4.69, 9.17) is 23.7 Å². The lowest BCUT2D eigenvalue weighted by Crippen LogP contribution is -2.41. The van der Waals surface area contributed by atoms with E-state index in [0.717, 1.165) is 16.7 Å². The van der Waals surface area contributed by atoms with E-state index in [1.807, 2.05) is 44.2 Å². The Balaban J connectivity index is 1.44. The van der Waals surface area contributed by atoms with Crippen molar-refractivity contribution in [3.8, 4) is 39.9 Å². The molecule has 0 saturated carbocycles. The number of hydrogen-bond acceptors (Lipinski definition) is 11. The van der Waals surface area contributed by atoms with Crippen molar-refractivity contribution < 1.29 is 33.3 Å². The number of H-pyrrole nitrogens is 1. The van der Waals surface area contributed by atoms with Crippen LogP contribution in [0.3, 0.4) is 0 Å². The van der Waals surface area contributed by atoms with Crippen LogP contribution in [0, 0.1) is 5.92 Å². The lowest BCUT2D eigenvalue weighted by Gasteiger charge is -2.23. The number of aromatic nitrogens is 3. The second kappa shape index (κ2) is 17.2. The molecule has 0 aliphatic heterocycles. The molecule has 14 nitrogen and oxygen atoms in total. The molecule has 14 heteroatoms. The summed E-state index contributed by atoms with van der Waals surface area (Å²) in [5, 5.41) is 16.2. The van der Waals surface area contributed by atoms with Gasteiger partial charge in [-0.15, -0.1) is 5.10 Å². The predicted octanol–water partition coefficient (Wildman–Crippen LogP) is 5.25. The van der Waals surface area contributed by atoms with Crippen LogP contribution in [0.15, 0.2) is 47.3 Å². The molecule has 4 N–H and O–H groups in total. The highest BCUT2D eigenvalue weighted by molar-refractivity contribution is 5.95. The SMILES string of the molecule is CCC(C)C(Nc1ccc2c(cc1=O)C(NC(C)=O)CCc1cc(OC)c(OC)c(OC)c1-2)C(=O)Nc1n[nH]c(CCc2ccc(OC)c(OC)c2)n1. The monoisotopic (exact) mass is 728 g/mol. The Morgan fingerprint density at radius 3 is 2.30 bits per heavy atom. The molecule has 1 aromatic heterocycles. The number of ether oxygens (including phenoxy) is 5. The average Bonchev–Trinajstić information content (AvgIpc) is 3.48. The first kappa shape index (κ1) is 38.4. The van der Waals surface area contributed by atoms with Gasteiger partial charge in [-0.05, 0) is 77.8 Å². The van der Waals surface area contributed by atoms with Gasteiger partial charge in [-0.3, -0.25) is 24.8 Å². The standard InChI is InChI=1S/C39H48N6O8/c1-9-21(2)35(38(48)43-39-42-33(44-45-39)17-11-23-10-16-30(49-4)31(18-23)50-5)41-28-15-13-25-26(20-29(28)47)27(40-22(3)46)14-12-24-19-32(51-6)36(52-7)37(53-8)34(24)25/h10,13,15-16,18-21,27,35H,9,11-12,14,17H2,1-8H3,(H,40,46)(H,41,47)(H2,42,43,44,45,48). The van der Waals surface area contributed by atoms with Gasteiger partial charge in [-0.1, -0.05) is 32.4 Å². The number of anilines is 2. The second-order valence-corrected chi connectivity index (χ2v) is 12.9. The molecule has 0 saturated heterocycles. The van der Waals surface area contributed by atoms with Crippen LogP contribution >= 0.6 is 0 Å². The number of methoxy groups -OCH3 is 5. The van der Waals surface area contributed by atoms with E-state index in [-0.39, 0.29) is 28.9 Å². The van der Waals surface area contributed by atoms with Crippen molar-refractivity contribution >= 4 is 23.5 Å². The van der Waals surface area contributed by atoms with Crippen LogP contribution < -0.4 is 45.1 Å². The zero-order valence-electron chi connectivity index (χ0n) is 31.5. The van der Waals surface area contributed by atoms with Crippen molar-refractivity contribution in [2.75, 3.05) is 46.2 Å². The Morgan fingerprint density at radius 2 is 1.64 bits per heavy atom. The topological polar surface area (TPSA) is 175 Å². The van der Waals surface area contributed by atoms with E-state index in [0.29, 0.717) is 77.8 Å². The van der Waals surface area contributed by atoms with E-state index in [2.05, 4.69) is 31.1 Å². The molecule has 5 rings (SSSR count). The van der Waals surface area contributed by atoms with Crippen LogP contribution in [0.4, 0.5) is 11.6 Å². The minimum absolute atomic E-state index is 0.131. The van der Waals surface area contributed by atoms with Crippen molar-refractivity contribution in [3.63, 3.8) is 0 Å². The van der Waals surface area contributed by atoms with Crippen molar-refractivity contribution in [1.29, 1.82) is 0 Å². The molecule has 0 spiro atoms. The average molecular weight is 729 g/mol. The van der Waals surface area contributed by atoms with Crippen LogP contribution in [-0.2, 0) is 28.9 Å². The number of benzene rings is 2. The molecule has 53 heavy (non-hydrogen) atoms. The molecular weight excluding hydrogens is 680 g/mol. The van der Waals surface area contributed by atoms with Gasteiger partial charge in [0.25, 0.3) is 0 Å². The number of nitrogens with zero attached hydrogens (tertiary/aromatic N) is 2. The molecule has 0 radical (unpaired) electrons. The molecule has 1 aliphatic carbocycles. The Labute approximate surface area is 308 Å². The van der Waals surface area contributed by atoms with E-state index in [1.165, 1.54) is 20.1 Å². The van der Waals surface area contributed by atoms with Gasteiger partial charge in [0.05, 0.1) is 47.3 Å². The molecule has 1 heterocycles. The van der Waals surface area contributed by atoms with Crippen molar-refractivity contribution in [2.45, 2.75) is 65.0 Å². The van der Waals surface area contributed by atoms with Gasteiger partial charge in [-0.25, -0.2) is 0 Å². The number of fused-ring (bicyclic) bond motifs is 3. The van der Waals surface area contributed by atoms with Gasteiger partial charge in [0.2, 0.25) is 28.9 Å². The van der Waals surface area contributed by atoms with Crippen molar-refractivity contribution in [1.82, 2.24) is 20.5 Å². The van der Waals surface area contributed by atoms with Crippen molar-refractivity contribution in [2.24, 2.45) is 5.92 Å². The fourth-order valence-corrected chi connectivity index (χ4v) is 6.65. The first-order chi connectivity index (χ1) is 25.5. The first-order valence-corrected chi connectivity index (χ1v) is 17.5. The van der Waals surface area contributed by atoms with Gasteiger partial charge in [0.15, 0.2) is 23.0 Å². The number of carbonyl (C=O) groups is 2. The van der Waals surface area contributed by atoms with Crippen LogP contribution in [0.25, 0.3) is 11.1 Å². The highest BCUT2D eigenvalue weighted by Crippen LogP contribution is 2.50. The molecule has 2 amide bonds. The summed E-state index contributed by atoms with van der Waals surface area (Å²) in [6.45, 7) is 5.35. The maximum absolute atomic E-state index is 14.0. The normalized spacial score (nSPS) is 14.4. The molecule has 3 atom stereocenters.